The zero-order valence-electron chi connectivity index (χ0n) is 10.7. The maximum Gasteiger partial charge on any atom is 0.339 e. The van der Waals surface area contributed by atoms with Crippen LogP contribution in [0.3, 0.4) is 0 Å². The second kappa shape index (κ2) is 5.53. The Morgan fingerprint density at radius 3 is 2.71 bits per heavy atom. The van der Waals surface area contributed by atoms with E-state index in [1.54, 1.807) is 0 Å². The molecule has 0 amide bonds. The number of hydrogen-bond donors (Lipinski definition) is 1. The zero-order chi connectivity index (χ0) is 15.6. The van der Waals surface area contributed by atoms with E-state index in [-0.39, 0.29) is 22.9 Å². The Labute approximate surface area is 117 Å². The molecular formula is C13H9FN2O5. The summed E-state index contributed by atoms with van der Waals surface area (Å²) in [5, 5.41) is 19.6. The molecule has 0 unspecified atom stereocenters. The lowest BCUT2D eigenvalue weighted by Crippen LogP contribution is -2.02. The van der Waals surface area contributed by atoms with E-state index in [2.05, 4.69) is 4.98 Å². The largest absolute Gasteiger partial charge is 0.478 e. The van der Waals surface area contributed by atoms with Crippen LogP contribution in [-0.4, -0.2) is 21.0 Å². The third-order valence-electron chi connectivity index (χ3n) is 2.61. The first-order valence-electron chi connectivity index (χ1n) is 5.70. The second-order valence-electron chi connectivity index (χ2n) is 4.12. The topological polar surface area (TPSA) is 103 Å². The number of carbonyl (C=O) groups is 1. The van der Waals surface area contributed by atoms with Crippen molar-refractivity contribution in [1.29, 1.82) is 0 Å². The lowest BCUT2D eigenvalue weighted by Gasteiger charge is -2.09. The fraction of sp³-hybridized carbons (Fsp3) is 0.0769. The molecule has 2 aromatic rings. The number of ether oxygens (including phenoxy) is 1. The van der Waals surface area contributed by atoms with Crippen molar-refractivity contribution >= 4 is 11.7 Å². The molecule has 0 saturated carbocycles. The average molecular weight is 292 g/mol. The SMILES string of the molecule is Cc1cc([N+](=O)[O-])cnc1Oc1cc(F)ccc1C(=O)O. The normalized spacial score (nSPS) is 10.2. The summed E-state index contributed by atoms with van der Waals surface area (Å²) < 4.78 is 18.5. The molecule has 1 aromatic heterocycles. The van der Waals surface area contributed by atoms with Crippen molar-refractivity contribution in [3.05, 3.63) is 57.5 Å². The van der Waals surface area contributed by atoms with E-state index in [0.717, 1.165) is 24.4 Å². The standard InChI is InChI=1S/C13H9FN2O5/c1-7-4-9(16(19)20)6-15-12(7)21-11-5-8(14)2-3-10(11)13(17)18/h2-6H,1H3,(H,17,18). The lowest BCUT2D eigenvalue weighted by atomic mass is 10.2. The summed E-state index contributed by atoms with van der Waals surface area (Å²) in [5.41, 5.74) is -0.140. The minimum Gasteiger partial charge on any atom is -0.478 e. The van der Waals surface area contributed by atoms with E-state index in [4.69, 9.17) is 9.84 Å². The molecule has 7 nitrogen and oxygen atoms in total. The smallest absolute Gasteiger partial charge is 0.339 e. The number of carboxylic acid groups (broad SMARTS) is 1. The maximum atomic E-state index is 13.2. The van der Waals surface area contributed by atoms with Crippen molar-refractivity contribution in [1.82, 2.24) is 4.98 Å². The fourth-order valence-electron chi connectivity index (χ4n) is 1.62. The van der Waals surface area contributed by atoms with E-state index < -0.39 is 16.7 Å². The number of aromatic nitrogens is 1. The molecule has 0 atom stereocenters. The Morgan fingerprint density at radius 2 is 2.14 bits per heavy atom. The van der Waals surface area contributed by atoms with Gasteiger partial charge in [-0.1, -0.05) is 0 Å². The third-order valence-corrected chi connectivity index (χ3v) is 2.61. The van der Waals surface area contributed by atoms with Gasteiger partial charge in [0.2, 0.25) is 5.88 Å². The average Bonchev–Trinajstić information content (AvgIpc) is 2.40. The first-order valence-corrected chi connectivity index (χ1v) is 5.70. The Morgan fingerprint density at radius 1 is 1.43 bits per heavy atom. The highest BCUT2D eigenvalue weighted by molar-refractivity contribution is 5.90. The number of nitro groups is 1. The van der Waals surface area contributed by atoms with Crippen molar-refractivity contribution in [2.75, 3.05) is 0 Å². The van der Waals surface area contributed by atoms with Gasteiger partial charge in [-0.2, -0.15) is 0 Å². The van der Waals surface area contributed by atoms with E-state index >= 15 is 0 Å². The summed E-state index contributed by atoms with van der Waals surface area (Å²) in [6.07, 6.45) is 0.974. The zero-order valence-corrected chi connectivity index (χ0v) is 10.7. The monoisotopic (exact) mass is 292 g/mol. The van der Waals surface area contributed by atoms with Crippen molar-refractivity contribution in [2.24, 2.45) is 0 Å². The van der Waals surface area contributed by atoms with Crippen LogP contribution in [0, 0.1) is 22.9 Å². The Kier molecular flexibility index (Phi) is 3.79. The molecule has 0 aliphatic heterocycles. The number of hydrogen-bond acceptors (Lipinski definition) is 5. The number of halogens is 1. The van der Waals surface area contributed by atoms with Crippen LogP contribution >= 0.6 is 0 Å². The van der Waals surface area contributed by atoms with Gasteiger partial charge in [0.15, 0.2) is 0 Å². The molecule has 0 bridgehead atoms. The van der Waals surface area contributed by atoms with Gasteiger partial charge in [0.1, 0.15) is 23.3 Å². The molecule has 0 fully saturated rings. The third kappa shape index (κ3) is 3.11. The van der Waals surface area contributed by atoms with Crippen LogP contribution in [0.2, 0.25) is 0 Å². The van der Waals surface area contributed by atoms with E-state index in [1.807, 2.05) is 0 Å². The molecule has 1 aromatic carbocycles. The molecule has 21 heavy (non-hydrogen) atoms. The molecule has 0 aliphatic carbocycles. The van der Waals surface area contributed by atoms with E-state index in [0.29, 0.717) is 5.56 Å². The van der Waals surface area contributed by atoms with Crippen LogP contribution in [-0.2, 0) is 0 Å². The van der Waals surface area contributed by atoms with Crippen molar-refractivity contribution in [3.8, 4) is 11.6 Å². The van der Waals surface area contributed by atoms with Crippen LogP contribution in [0.4, 0.5) is 10.1 Å². The number of nitrogens with zero attached hydrogens (tertiary/aromatic N) is 2. The fourth-order valence-corrected chi connectivity index (χ4v) is 1.62. The van der Waals surface area contributed by atoms with Crippen molar-refractivity contribution < 1.29 is 24.0 Å². The summed E-state index contributed by atoms with van der Waals surface area (Å²) >= 11 is 0. The Hall–Kier alpha value is -3.03. The van der Waals surface area contributed by atoms with Gasteiger partial charge in [0.25, 0.3) is 5.69 Å². The van der Waals surface area contributed by atoms with Gasteiger partial charge in [-0.3, -0.25) is 10.1 Å². The first-order chi connectivity index (χ1) is 9.88. The number of aryl methyl sites for hydroxylation is 1. The number of rotatable bonds is 4. The molecule has 0 spiro atoms. The van der Waals surface area contributed by atoms with E-state index in [1.165, 1.54) is 13.0 Å². The van der Waals surface area contributed by atoms with Crippen molar-refractivity contribution in [3.63, 3.8) is 0 Å². The highest BCUT2D eigenvalue weighted by atomic mass is 19.1. The molecule has 0 aliphatic rings. The molecule has 0 radical (unpaired) electrons. The number of benzene rings is 1. The summed E-state index contributed by atoms with van der Waals surface area (Å²) in [7, 11) is 0. The minimum absolute atomic E-state index is 0.0336. The van der Waals surface area contributed by atoms with Gasteiger partial charge in [0.05, 0.1) is 4.92 Å². The second-order valence-corrected chi connectivity index (χ2v) is 4.12. The molecule has 2 rings (SSSR count). The van der Waals surface area contributed by atoms with Crippen LogP contribution in [0.1, 0.15) is 15.9 Å². The highest BCUT2D eigenvalue weighted by Gasteiger charge is 2.16. The van der Waals surface area contributed by atoms with Crippen LogP contribution in [0.25, 0.3) is 0 Å². The molecule has 1 heterocycles. The first kappa shape index (κ1) is 14.4. The number of pyridine rings is 1. The van der Waals surface area contributed by atoms with E-state index in [9.17, 15) is 19.3 Å². The van der Waals surface area contributed by atoms with Crippen molar-refractivity contribution in [2.45, 2.75) is 6.92 Å². The molecule has 1 N–H and O–H groups in total. The quantitative estimate of drug-likeness (QED) is 0.686. The molecule has 8 heteroatoms. The van der Waals surface area contributed by atoms with Gasteiger partial charge in [-0.05, 0) is 19.1 Å². The Balaban J connectivity index is 2.40. The highest BCUT2D eigenvalue weighted by Crippen LogP contribution is 2.28. The van der Waals surface area contributed by atoms with Crippen LogP contribution in [0.15, 0.2) is 30.5 Å². The molecular weight excluding hydrogens is 283 g/mol. The Bertz CT molecular complexity index is 732. The summed E-state index contributed by atoms with van der Waals surface area (Å²) in [5.74, 6) is -2.22. The molecule has 0 saturated heterocycles. The van der Waals surface area contributed by atoms with Gasteiger partial charge in [-0.15, -0.1) is 0 Å². The minimum atomic E-state index is -1.29. The maximum absolute atomic E-state index is 13.2. The number of carboxylic acids is 1. The number of aromatic carboxylic acids is 1. The summed E-state index contributed by atoms with van der Waals surface area (Å²) in [4.78, 5) is 24.8. The molecule has 108 valence electrons. The van der Waals surface area contributed by atoms with Gasteiger partial charge >= 0.3 is 5.97 Å². The van der Waals surface area contributed by atoms with Gasteiger partial charge in [0, 0.05) is 17.7 Å². The summed E-state index contributed by atoms with van der Waals surface area (Å²) in [6, 6.07) is 4.19. The van der Waals surface area contributed by atoms with Crippen LogP contribution < -0.4 is 4.74 Å². The van der Waals surface area contributed by atoms with Crippen LogP contribution in [0.5, 0.6) is 11.6 Å². The predicted octanol–water partition coefficient (Wildman–Crippen LogP) is 2.93. The predicted molar refractivity (Wildman–Crippen MR) is 69.1 cm³/mol. The summed E-state index contributed by atoms with van der Waals surface area (Å²) in [6.45, 7) is 1.51. The lowest BCUT2D eigenvalue weighted by molar-refractivity contribution is -0.385. The van der Waals surface area contributed by atoms with Gasteiger partial charge in [-0.25, -0.2) is 14.2 Å². The van der Waals surface area contributed by atoms with Gasteiger partial charge < -0.3 is 9.84 Å².